The molecule has 19 heavy (non-hydrogen) atoms. The van der Waals surface area contributed by atoms with Crippen LogP contribution in [0.15, 0.2) is 24.3 Å². The number of hydrogen-bond acceptors (Lipinski definition) is 3. The van der Waals surface area contributed by atoms with Crippen LogP contribution in [0.4, 0.5) is 5.69 Å². The molecule has 0 aliphatic heterocycles. The first-order chi connectivity index (χ1) is 8.95. The van der Waals surface area contributed by atoms with E-state index in [1.165, 1.54) is 0 Å². The van der Waals surface area contributed by atoms with Crippen molar-refractivity contribution in [1.82, 2.24) is 4.98 Å². The molecule has 1 aromatic heterocycles. The van der Waals surface area contributed by atoms with E-state index in [9.17, 15) is 0 Å². The fraction of sp³-hybridized carbons (Fsp3) is 0.438. The molecule has 0 unspecified atom stereocenters. The number of methoxy groups -OCH3 is 1. The summed E-state index contributed by atoms with van der Waals surface area (Å²) < 4.78 is 5.30. The Bertz CT molecular complexity index is 585. The van der Waals surface area contributed by atoms with Crippen molar-refractivity contribution in [2.24, 2.45) is 0 Å². The Balaban J connectivity index is 2.68. The van der Waals surface area contributed by atoms with Crippen molar-refractivity contribution in [2.45, 2.75) is 33.1 Å². The minimum absolute atomic E-state index is 0.0400. The minimum Gasteiger partial charge on any atom is -0.497 e. The van der Waals surface area contributed by atoms with Gasteiger partial charge in [-0.2, -0.15) is 0 Å². The van der Waals surface area contributed by atoms with Crippen LogP contribution in [-0.2, 0) is 5.41 Å². The van der Waals surface area contributed by atoms with E-state index in [0.717, 1.165) is 34.6 Å². The summed E-state index contributed by atoms with van der Waals surface area (Å²) >= 11 is 0. The molecule has 0 fully saturated rings. The summed E-state index contributed by atoms with van der Waals surface area (Å²) in [5, 5.41) is 4.52. The van der Waals surface area contributed by atoms with Crippen molar-refractivity contribution >= 4 is 16.6 Å². The maximum atomic E-state index is 5.30. The van der Waals surface area contributed by atoms with Crippen molar-refractivity contribution in [2.75, 3.05) is 19.0 Å². The molecular weight excluding hydrogens is 236 g/mol. The number of rotatable bonds is 3. The summed E-state index contributed by atoms with van der Waals surface area (Å²) in [6.07, 6.45) is 0. The van der Waals surface area contributed by atoms with Crippen LogP contribution in [0.2, 0.25) is 0 Å². The quantitative estimate of drug-likeness (QED) is 0.904. The molecule has 0 saturated heterocycles. The monoisotopic (exact) mass is 258 g/mol. The molecule has 0 saturated carbocycles. The van der Waals surface area contributed by atoms with Gasteiger partial charge in [0.25, 0.3) is 0 Å². The van der Waals surface area contributed by atoms with E-state index < -0.39 is 0 Å². The van der Waals surface area contributed by atoms with Crippen LogP contribution in [-0.4, -0.2) is 18.6 Å². The highest BCUT2D eigenvalue weighted by Crippen LogP contribution is 2.31. The van der Waals surface area contributed by atoms with Gasteiger partial charge in [-0.25, -0.2) is 0 Å². The molecule has 2 aromatic rings. The number of nitrogens with zero attached hydrogens (tertiary/aromatic N) is 1. The highest BCUT2D eigenvalue weighted by molar-refractivity contribution is 5.92. The largest absolute Gasteiger partial charge is 0.497 e. The summed E-state index contributed by atoms with van der Waals surface area (Å²) in [7, 11) is 1.69. The van der Waals surface area contributed by atoms with E-state index in [1.54, 1.807) is 7.11 Å². The first kappa shape index (κ1) is 13.7. The molecule has 0 atom stereocenters. The van der Waals surface area contributed by atoms with Crippen molar-refractivity contribution < 1.29 is 4.74 Å². The van der Waals surface area contributed by atoms with Crippen LogP contribution >= 0.6 is 0 Å². The number of aromatic nitrogens is 1. The smallest absolute Gasteiger partial charge is 0.119 e. The molecule has 0 amide bonds. The molecule has 1 N–H and O–H groups in total. The van der Waals surface area contributed by atoms with Gasteiger partial charge >= 0.3 is 0 Å². The lowest BCUT2D eigenvalue weighted by atomic mass is 9.90. The summed E-state index contributed by atoms with van der Waals surface area (Å²) in [4.78, 5) is 4.77. The highest BCUT2D eigenvalue weighted by atomic mass is 16.5. The number of hydrogen-bond donors (Lipinski definition) is 1. The number of ether oxygens (including phenoxy) is 1. The van der Waals surface area contributed by atoms with Gasteiger partial charge in [0, 0.05) is 28.7 Å². The normalized spacial score (nSPS) is 11.6. The second kappa shape index (κ2) is 5.08. The number of nitrogens with one attached hydrogen (secondary N) is 1. The second-order valence-corrected chi connectivity index (χ2v) is 5.72. The van der Waals surface area contributed by atoms with Crippen molar-refractivity contribution in [3.8, 4) is 5.75 Å². The molecule has 0 aliphatic rings. The van der Waals surface area contributed by atoms with E-state index >= 15 is 0 Å². The predicted octanol–water partition coefficient (Wildman–Crippen LogP) is 3.97. The van der Waals surface area contributed by atoms with Crippen LogP contribution in [0.1, 0.15) is 33.4 Å². The van der Waals surface area contributed by atoms with Gasteiger partial charge in [0.15, 0.2) is 0 Å². The average Bonchev–Trinajstić information content (AvgIpc) is 2.37. The van der Waals surface area contributed by atoms with E-state index in [0.29, 0.717) is 0 Å². The Hall–Kier alpha value is -1.77. The molecule has 1 heterocycles. The van der Waals surface area contributed by atoms with Crippen LogP contribution in [0.3, 0.4) is 0 Å². The molecule has 0 aliphatic carbocycles. The van der Waals surface area contributed by atoms with E-state index in [-0.39, 0.29) is 5.41 Å². The van der Waals surface area contributed by atoms with Gasteiger partial charge in [-0.15, -0.1) is 0 Å². The lowest BCUT2D eigenvalue weighted by molar-refractivity contribution is 0.415. The zero-order valence-corrected chi connectivity index (χ0v) is 12.4. The number of fused-ring (bicyclic) bond motifs is 1. The van der Waals surface area contributed by atoms with Crippen LogP contribution in [0, 0.1) is 0 Å². The maximum Gasteiger partial charge on any atom is 0.119 e. The van der Waals surface area contributed by atoms with Gasteiger partial charge in [0.1, 0.15) is 5.75 Å². The first-order valence-electron chi connectivity index (χ1n) is 6.69. The second-order valence-electron chi connectivity index (χ2n) is 5.72. The molecule has 0 spiro atoms. The molecule has 0 radical (unpaired) electrons. The highest BCUT2D eigenvalue weighted by Gasteiger charge is 2.18. The third-order valence-corrected chi connectivity index (χ3v) is 3.15. The Morgan fingerprint density at radius 2 is 1.95 bits per heavy atom. The van der Waals surface area contributed by atoms with Crippen molar-refractivity contribution in [3.05, 3.63) is 30.0 Å². The van der Waals surface area contributed by atoms with Gasteiger partial charge < -0.3 is 10.1 Å². The number of anilines is 1. The molecule has 0 bridgehead atoms. The summed E-state index contributed by atoms with van der Waals surface area (Å²) in [6.45, 7) is 9.53. The molecule has 102 valence electrons. The number of pyridine rings is 1. The third-order valence-electron chi connectivity index (χ3n) is 3.15. The van der Waals surface area contributed by atoms with Gasteiger partial charge in [-0.1, -0.05) is 20.8 Å². The molecular formula is C16H22N2O. The standard InChI is InChI=1S/C16H22N2O/c1-6-17-14-10-15(16(2,3)4)18-13-8-7-11(19-5)9-12(13)14/h7-10H,6H2,1-5H3,(H,17,18). The SMILES string of the molecule is CCNc1cc(C(C)(C)C)nc2ccc(OC)cc12. The van der Waals surface area contributed by atoms with Crippen LogP contribution < -0.4 is 10.1 Å². The Kier molecular flexibility index (Phi) is 3.65. The summed E-state index contributed by atoms with van der Waals surface area (Å²) in [6, 6.07) is 8.15. The van der Waals surface area contributed by atoms with Gasteiger partial charge in [0.2, 0.25) is 0 Å². The molecule has 3 nitrogen and oxygen atoms in total. The Morgan fingerprint density at radius 3 is 2.53 bits per heavy atom. The minimum atomic E-state index is 0.0400. The van der Waals surface area contributed by atoms with Crippen LogP contribution in [0.5, 0.6) is 5.75 Å². The summed E-state index contributed by atoms with van der Waals surface area (Å²) in [5.74, 6) is 0.858. The Labute approximate surface area is 115 Å². The van der Waals surface area contributed by atoms with E-state index in [4.69, 9.17) is 9.72 Å². The lowest BCUT2D eigenvalue weighted by Crippen LogP contribution is -2.14. The zero-order chi connectivity index (χ0) is 14.0. The third kappa shape index (κ3) is 2.80. The topological polar surface area (TPSA) is 34.2 Å². The van der Waals surface area contributed by atoms with Crippen molar-refractivity contribution in [1.29, 1.82) is 0 Å². The molecule has 1 aromatic carbocycles. The zero-order valence-electron chi connectivity index (χ0n) is 12.4. The fourth-order valence-corrected chi connectivity index (χ4v) is 2.05. The fourth-order valence-electron chi connectivity index (χ4n) is 2.05. The van der Waals surface area contributed by atoms with E-state index in [2.05, 4.69) is 39.1 Å². The Morgan fingerprint density at radius 1 is 1.21 bits per heavy atom. The van der Waals surface area contributed by atoms with Gasteiger partial charge in [0.05, 0.1) is 12.6 Å². The maximum absolute atomic E-state index is 5.30. The first-order valence-corrected chi connectivity index (χ1v) is 6.69. The predicted molar refractivity (Wildman–Crippen MR) is 81.2 cm³/mol. The average molecular weight is 258 g/mol. The van der Waals surface area contributed by atoms with E-state index in [1.807, 2.05) is 18.2 Å². The lowest BCUT2D eigenvalue weighted by Gasteiger charge is -2.20. The molecule has 2 rings (SSSR count). The van der Waals surface area contributed by atoms with Gasteiger partial charge in [-0.05, 0) is 31.2 Å². The molecule has 3 heteroatoms. The summed E-state index contributed by atoms with van der Waals surface area (Å²) in [5.41, 5.74) is 3.26. The van der Waals surface area contributed by atoms with Crippen LogP contribution in [0.25, 0.3) is 10.9 Å². The number of benzene rings is 1. The van der Waals surface area contributed by atoms with Crippen molar-refractivity contribution in [3.63, 3.8) is 0 Å². The van der Waals surface area contributed by atoms with Gasteiger partial charge in [-0.3, -0.25) is 4.98 Å².